The molecule has 1 heterocycles. The summed E-state index contributed by atoms with van der Waals surface area (Å²) < 4.78 is 10.1. The first-order chi connectivity index (χ1) is 10.6. The van der Waals surface area contributed by atoms with Gasteiger partial charge in [0.1, 0.15) is 17.6 Å². The zero-order valence-electron chi connectivity index (χ0n) is 11.7. The lowest BCUT2D eigenvalue weighted by atomic mass is 10.2. The van der Waals surface area contributed by atoms with Gasteiger partial charge in [-0.3, -0.25) is 9.59 Å². The largest absolute Gasteiger partial charge is 0.484 e. The second-order valence-corrected chi connectivity index (χ2v) is 4.52. The van der Waals surface area contributed by atoms with Gasteiger partial charge in [0.05, 0.1) is 12.8 Å². The molecule has 1 aromatic carbocycles. The normalized spacial score (nSPS) is 11.7. The first-order valence-corrected chi connectivity index (χ1v) is 6.57. The van der Waals surface area contributed by atoms with Gasteiger partial charge in [0, 0.05) is 5.56 Å². The fourth-order valence-corrected chi connectivity index (χ4v) is 1.73. The van der Waals surface area contributed by atoms with E-state index in [4.69, 9.17) is 14.9 Å². The Morgan fingerprint density at radius 3 is 2.59 bits per heavy atom. The fraction of sp³-hybridized carbons (Fsp3) is 0.200. The van der Waals surface area contributed by atoms with Gasteiger partial charge in [-0.25, -0.2) is 0 Å². The van der Waals surface area contributed by atoms with Gasteiger partial charge < -0.3 is 25.3 Å². The molecule has 0 aliphatic rings. The van der Waals surface area contributed by atoms with Crippen molar-refractivity contribution in [1.29, 1.82) is 0 Å². The van der Waals surface area contributed by atoms with Gasteiger partial charge in [0.25, 0.3) is 11.8 Å². The van der Waals surface area contributed by atoms with E-state index in [0.29, 0.717) is 17.1 Å². The maximum atomic E-state index is 11.9. The molecule has 116 valence electrons. The average molecular weight is 304 g/mol. The third-order valence-corrected chi connectivity index (χ3v) is 2.83. The van der Waals surface area contributed by atoms with Gasteiger partial charge >= 0.3 is 0 Å². The van der Waals surface area contributed by atoms with Crippen LogP contribution in [0.15, 0.2) is 47.1 Å². The molecule has 1 atom stereocenters. The molecule has 0 fully saturated rings. The molecule has 2 aromatic rings. The van der Waals surface area contributed by atoms with Crippen LogP contribution in [0, 0.1) is 0 Å². The van der Waals surface area contributed by atoms with Crippen molar-refractivity contribution in [2.75, 3.05) is 13.2 Å². The van der Waals surface area contributed by atoms with Crippen LogP contribution in [0.5, 0.6) is 5.75 Å². The molecule has 0 bridgehead atoms. The van der Waals surface area contributed by atoms with Crippen molar-refractivity contribution in [3.05, 3.63) is 54.0 Å². The Balaban J connectivity index is 1.85. The number of benzene rings is 1. The number of nitrogens with two attached hydrogens (primary N) is 1. The van der Waals surface area contributed by atoms with E-state index in [0.717, 1.165) is 0 Å². The first-order valence-electron chi connectivity index (χ1n) is 6.57. The highest BCUT2D eigenvalue weighted by Gasteiger charge is 2.13. The lowest BCUT2D eigenvalue weighted by Gasteiger charge is -2.10. The Morgan fingerprint density at radius 1 is 1.27 bits per heavy atom. The summed E-state index contributed by atoms with van der Waals surface area (Å²) in [6.07, 6.45) is 0.544. The summed E-state index contributed by atoms with van der Waals surface area (Å²) in [4.78, 5) is 22.5. The van der Waals surface area contributed by atoms with E-state index >= 15 is 0 Å². The average Bonchev–Trinajstić information content (AvgIpc) is 3.05. The first kappa shape index (κ1) is 15.6. The van der Waals surface area contributed by atoms with Gasteiger partial charge in [-0.1, -0.05) is 0 Å². The molecule has 0 aliphatic carbocycles. The summed E-state index contributed by atoms with van der Waals surface area (Å²) in [7, 11) is 0. The van der Waals surface area contributed by atoms with Gasteiger partial charge in [-0.2, -0.15) is 0 Å². The molecule has 7 nitrogen and oxygen atoms in total. The lowest BCUT2D eigenvalue weighted by Crippen LogP contribution is -2.28. The minimum atomic E-state index is -0.905. The van der Waals surface area contributed by atoms with Crippen LogP contribution in [0.3, 0.4) is 0 Å². The second-order valence-electron chi connectivity index (χ2n) is 4.52. The highest BCUT2D eigenvalue weighted by molar-refractivity contribution is 5.94. The predicted molar refractivity (Wildman–Crippen MR) is 77.1 cm³/mol. The van der Waals surface area contributed by atoms with Crippen LogP contribution in [-0.4, -0.2) is 30.1 Å². The van der Waals surface area contributed by atoms with Gasteiger partial charge in [0.15, 0.2) is 6.61 Å². The van der Waals surface area contributed by atoms with Crippen LogP contribution in [0.2, 0.25) is 0 Å². The standard InChI is InChI=1S/C15H16N2O5/c16-14(19)9-22-11-5-3-10(4-6-11)15(20)17-8-12(18)13-2-1-7-21-13/h1-7,12,18H,8-9H2,(H2,16,19)(H,17,20). The van der Waals surface area contributed by atoms with Gasteiger partial charge in [-0.05, 0) is 36.4 Å². The van der Waals surface area contributed by atoms with E-state index in [9.17, 15) is 14.7 Å². The maximum Gasteiger partial charge on any atom is 0.255 e. The highest BCUT2D eigenvalue weighted by atomic mass is 16.5. The van der Waals surface area contributed by atoms with Crippen LogP contribution in [-0.2, 0) is 4.79 Å². The molecule has 0 saturated carbocycles. The van der Waals surface area contributed by atoms with Crippen LogP contribution in [0.1, 0.15) is 22.2 Å². The van der Waals surface area contributed by atoms with Crippen molar-refractivity contribution < 1.29 is 23.8 Å². The Bertz CT molecular complexity index is 622. The molecule has 0 radical (unpaired) electrons. The van der Waals surface area contributed by atoms with Gasteiger partial charge in [0.2, 0.25) is 0 Å². The van der Waals surface area contributed by atoms with Crippen LogP contribution >= 0.6 is 0 Å². The quantitative estimate of drug-likeness (QED) is 0.693. The summed E-state index contributed by atoms with van der Waals surface area (Å²) in [6, 6.07) is 9.49. The SMILES string of the molecule is NC(=O)COc1ccc(C(=O)NCC(O)c2ccco2)cc1. The lowest BCUT2D eigenvalue weighted by molar-refractivity contribution is -0.119. The predicted octanol–water partition coefficient (Wildman–Crippen LogP) is 0.607. The van der Waals surface area contributed by atoms with Gasteiger partial charge in [-0.15, -0.1) is 0 Å². The third kappa shape index (κ3) is 4.35. The molecular weight excluding hydrogens is 288 g/mol. The summed E-state index contributed by atoms with van der Waals surface area (Å²) in [5.41, 5.74) is 5.37. The summed E-state index contributed by atoms with van der Waals surface area (Å²) >= 11 is 0. The molecular formula is C15H16N2O5. The monoisotopic (exact) mass is 304 g/mol. The fourth-order valence-electron chi connectivity index (χ4n) is 1.73. The minimum Gasteiger partial charge on any atom is -0.484 e. The maximum absolute atomic E-state index is 11.9. The van der Waals surface area contributed by atoms with Crippen molar-refractivity contribution in [2.24, 2.45) is 5.73 Å². The number of aliphatic hydroxyl groups excluding tert-OH is 1. The number of rotatable bonds is 7. The number of hydrogen-bond acceptors (Lipinski definition) is 5. The van der Waals surface area contributed by atoms with Crippen molar-refractivity contribution in [2.45, 2.75) is 6.10 Å². The number of furan rings is 1. The molecule has 22 heavy (non-hydrogen) atoms. The Labute approximate surface area is 126 Å². The minimum absolute atomic E-state index is 0.0340. The number of nitrogens with one attached hydrogen (secondary N) is 1. The zero-order chi connectivity index (χ0) is 15.9. The Morgan fingerprint density at radius 2 is 2.00 bits per heavy atom. The van der Waals surface area contributed by atoms with Crippen molar-refractivity contribution in [3.63, 3.8) is 0 Å². The van der Waals surface area contributed by atoms with Crippen LogP contribution < -0.4 is 15.8 Å². The van der Waals surface area contributed by atoms with E-state index in [1.54, 1.807) is 36.4 Å². The van der Waals surface area contributed by atoms with Crippen LogP contribution in [0.4, 0.5) is 0 Å². The van der Waals surface area contributed by atoms with Crippen molar-refractivity contribution in [1.82, 2.24) is 5.32 Å². The molecule has 4 N–H and O–H groups in total. The molecule has 2 rings (SSSR count). The Hall–Kier alpha value is -2.80. The van der Waals surface area contributed by atoms with E-state index in [1.165, 1.54) is 6.26 Å². The summed E-state index contributed by atoms with van der Waals surface area (Å²) in [5, 5.41) is 12.4. The van der Waals surface area contributed by atoms with E-state index < -0.39 is 12.0 Å². The number of aliphatic hydroxyl groups is 1. The van der Waals surface area contributed by atoms with Crippen LogP contribution in [0.25, 0.3) is 0 Å². The topological polar surface area (TPSA) is 115 Å². The van der Waals surface area contributed by atoms with E-state index in [1.807, 2.05) is 0 Å². The molecule has 7 heteroatoms. The van der Waals surface area contributed by atoms with Crippen molar-refractivity contribution >= 4 is 11.8 Å². The molecule has 0 aliphatic heterocycles. The molecule has 1 unspecified atom stereocenters. The number of hydrogen-bond donors (Lipinski definition) is 3. The zero-order valence-corrected chi connectivity index (χ0v) is 11.7. The molecule has 2 amide bonds. The summed E-state index contributed by atoms with van der Waals surface area (Å²) in [6.45, 7) is -0.187. The van der Waals surface area contributed by atoms with E-state index in [-0.39, 0.29) is 19.1 Å². The molecule has 0 saturated heterocycles. The summed E-state index contributed by atoms with van der Waals surface area (Å²) in [5.74, 6) is -0.0951. The third-order valence-electron chi connectivity index (χ3n) is 2.83. The Kier molecular flexibility index (Phi) is 5.16. The molecule has 1 aromatic heterocycles. The number of ether oxygens (including phenoxy) is 1. The van der Waals surface area contributed by atoms with E-state index in [2.05, 4.69) is 5.32 Å². The number of carbonyl (C=O) groups excluding carboxylic acids is 2. The second kappa shape index (κ2) is 7.28. The number of amides is 2. The highest BCUT2D eigenvalue weighted by Crippen LogP contribution is 2.14. The molecule has 0 spiro atoms. The number of primary amides is 1. The smallest absolute Gasteiger partial charge is 0.255 e. The van der Waals surface area contributed by atoms with Crippen molar-refractivity contribution in [3.8, 4) is 5.75 Å². The number of carbonyl (C=O) groups is 2.